The van der Waals surface area contributed by atoms with Crippen molar-refractivity contribution in [2.75, 3.05) is 18.1 Å². The van der Waals surface area contributed by atoms with Gasteiger partial charge in [0.25, 0.3) is 11.5 Å². The molecule has 2 aliphatic rings. The number of ether oxygens (including phenoxy) is 2. The topological polar surface area (TPSA) is 132 Å². The Hall–Kier alpha value is -4.25. The summed E-state index contributed by atoms with van der Waals surface area (Å²) in [4.78, 5) is 41.9. The van der Waals surface area contributed by atoms with Crippen LogP contribution in [-0.4, -0.2) is 39.9 Å². The minimum Gasteiger partial charge on any atom is -0.507 e. The summed E-state index contributed by atoms with van der Waals surface area (Å²) in [5.41, 5.74) is 0.384. The van der Waals surface area contributed by atoms with Crippen LogP contribution in [0, 0.1) is 10.1 Å². The number of anilines is 1. The lowest BCUT2D eigenvalue weighted by Crippen LogP contribution is -2.29. The van der Waals surface area contributed by atoms with Crippen LogP contribution >= 0.6 is 11.3 Å². The van der Waals surface area contributed by atoms with E-state index in [1.807, 2.05) is 0 Å². The highest BCUT2D eigenvalue weighted by atomic mass is 32.1. The van der Waals surface area contributed by atoms with Crippen molar-refractivity contribution in [2.24, 2.45) is 0 Å². The van der Waals surface area contributed by atoms with Gasteiger partial charge in [-0.05, 0) is 35.9 Å². The molecule has 0 bridgehead atoms. The number of hydrogen-bond acceptors (Lipinski definition) is 9. The maximum atomic E-state index is 13.1. The first-order valence-corrected chi connectivity index (χ1v) is 10.7. The Kier molecular flexibility index (Phi) is 5.02. The van der Waals surface area contributed by atoms with Crippen LogP contribution in [0.2, 0.25) is 0 Å². The Morgan fingerprint density at radius 1 is 1.12 bits per heavy atom. The van der Waals surface area contributed by atoms with E-state index < -0.39 is 28.4 Å². The lowest BCUT2D eigenvalue weighted by atomic mass is 9.95. The van der Waals surface area contributed by atoms with Crippen molar-refractivity contribution in [1.29, 1.82) is 0 Å². The quantitative estimate of drug-likeness (QED) is 0.204. The number of hydrogen-bond donors (Lipinski definition) is 1. The number of aromatic nitrogens is 1. The van der Waals surface area contributed by atoms with Crippen molar-refractivity contribution >= 4 is 39.6 Å². The molecule has 1 atom stereocenters. The van der Waals surface area contributed by atoms with Crippen molar-refractivity contribution in [3.63, 3.8) is 0 Å². The standard InChI is InChI=1S/C22H15N3O7S/c26-19(13-3-6-15-16(11-13)32-9-8-31-15)17-18(12-1-4-14(5-2-12)25(29)30)24(21(28)20(17)27)22-23-7-10-33-22/h1-7,10-11,18,26H,8-9H2/b19-17+. The van der Waals surface area contributed by atoms with Crippen LogP contribution in [0.4, 0.5) is 10.8 Å². The van der Waals surface area contributed by atoms with Gasteiger partial charge in [0.1, 0.15) is 19.0 Å². The van der Waals surface area contributed by atoms with E-state index in [2.05, 4.69) is 4.98 Å². The fourth-order valence-corrected chi connectivity index (χ4v) is 4.47. The molecule has 1 unspecified atom stereocenters. The number of non-ortho nitro benzene ring substituents is 1. The van der Waals surface area contributed by atoms with Crippen LogP contribution in [0.1, 0.15) is 17.2 Å². The molecule has 0 radical (unpaired) electrons. The molecule has 1 amide bonds. The van der Waals surface area contributed by atoms with E-state index in [1.165, 1.54) is 41.4 Å². The smallest absolute Gasteiger partial charge is 0.301 e. The van der Waals surface area contributed by atoms with E-state index in [1.54, 1.807) is 17.5 Å². The summed E-state index contributed by atoms with van der Waals surface area (Å²) in [6.07, 6.45) is 1.49. The first kappa shape index (κ1) is 20.6. The third-order valence-corrected chi connectivity index (χ3v) is 6.08. The Labute approximate surface area is 190 Å². The number of carbonyl (C=O) groups excluding carboxylic acids is 2. The van der Waals surface area contributed by atoms with Gasteiger partial charge in [-0.15, -0.1) is 11.3 Å². The molecule has 2 aliphatic heterocycles. The fraction of sp³-hybridized carbons (Fsp3) is 0.136. The normalized spacial score (nSPS) is 19.0. The maximum Gasteiger partial charge on any atom is 0.301 e. The van der Waals surface area contributed by atoms with E-state index in [9.17, 15) is 24.8 Å². The summed E-state index contributed by atoms with van der Waals surface area (Å²) in [6, 6.07) is 9.15. The van der Waals surface area contributed by atoms with E-state index in [4.69, 9.17) is 9.47 Å². The van der Waals surface area contributed by atoms with Gasteiger partial charge in [0, 0.05) is 29.3 Å². The summed E-state index contributed by atoms with van der Waals surface area (Å²) in [5.74, 6) is -1.22. The monoisotopic (exact) mass is 465 g/mol. The van der Waals surface area contributed by atoms with Crippen molar-refractivity contribution in [1.82, 2.24) is 4.98 Å². The number of fused-ring (bicyclic) bond motifs is 1. The fourth-order valence-electron chi connectivity index (χ4n) is 3.80. The third-order valence-electron chi connectivity index (χ3n) is 5.31. The molecule has 1 aromatic heterocycles. The maximum absolute atomic E-state index is 13.1. The lowest BCUT2D eigenvalue weighted by molar-refractivity contribution is -0.384. The molecule has 5 rings (SSSR count). The average Bonchev–Trinajstić information content (AvgIpc) is 3.45. The molecule has 33 heavy (non-hydrogen) atoms. The third kappa shape index (κ3) is 3.48. The second kappa shape index (κ2) is 8.02. The highest BCUT2D eigenvalue weighted by Gasteiger charge is 2.48. The predicted octanol–water partition coefficient (Wildman–Crippen LogP) is 3.45. The number of nitrogens with zero attached hydrogens (tertiary/aromatic N) is 3. The van der Waals surface area contributed by atoms with Crippen LogP contribution in [0.15, 0.2) is 59.6 Å². The summed E-state index contributed by atoms with van der Waals surface area (Å²) in [6.45, 7) is 0.742. The molecule has 10 nitrogen and oxygen atoms in total. The largest absolute Gasteiger partial charge is 0.507 e. The second-order valence-corrected chi connectivity index (χ2v) is 8.06. The number of rotatable bonds is 4. The number of nitro benzene ring substituents is 1. The molecule has 3 aromatic rings. The van der Waals surface area contributed by atoms with E-state index in [0.29, 0.717) is 30.3 Å². The van der Waals surface area contributed by atoms with Gasteiger partial charge in [-0.25, -0.2) is 4.98 Å². The number of amides is 1. The van der Waals surface area contributed by atoms with Gasteiger partial charge in [0.2, 0.25) is 0 Å². The molecular weight excluding hydrogens is 450 g/mol. The van der Waals surface area contributed by atoms with Crippen LogP contribution in [0.3, 0.4) is 0 Å². The van der Waals surface area contributed by atoms with Gasteiger partial charge < -0.3 is 14.6 Å². The van der Waals surface area contributed by atoms with Crippen molar-refractivity contribution in [2.45, 2.75) is 6.04 Å². The van der Waals surface area contributed by atoms with Crippen molar-refractivity contribution in [3.05, 3.63) is 80.9 Å². The number of aliphatic hydroxyl groups is 1. The predicted molar refractivity (Wildman–Crippen MR) is 117 cm³/mol. The van der Waals surface area contributed by atoms with Gasteiger partial charge in [0.05, 0.1) is 16.5 Å². The average molecular weight is 465 g/mol. The van der Waals surface area contributed by atoms with Gasteiger partial charge >= 0.3 is 5.91 Å². The molecule has 166 valence electrons. The van der Waals surface area contributed by atoms with Gasteiger partial charge in [-0.3, -0.25) is 24.6 Å². The lowest BCUT2D eigenvalue weighted by Gasteiger charge is -2.23. The number of carbonyl (C=O) groups is 2. The van der Waals surface area contributed by atoms with E-state index in [0.717, 1.165) is 11.3 Å². The molecule has 0 spiro atoms. The number of ketones is 1. The SMILES string of the molecule is O=C1C(=O)N(c2nccs2)C(c2ccc([N+](=O)[O-])cc2)/C1=C(\O)c1ccc2c(c1)OCCO2. The summed E-state index contributed by atoms with van der Waals surface area (Å²) < 4.78 is 11.1. The van der Waals surface area contributed by atoms with Crippen molar-refractivity contribution in [3.8, 4) is 11.5 Å². The van der Waals surface area contributed by atoms with Crippen LogP contribution in [0.5, 0.6) is 11.5 Å². The van der Waals surface area contributed by atoms with E-state index >= 15 is 0 Å². The number of thiazole rings is 1. The Morgan fingerprint density at radius 2 is 1.85 bits per heavy atom. The summed E-state index contributed by atoms with van der Waals surface area (Å²) in [7, 11) is 0. The molecular formula is C22H15N3O7S. The molecule has 1 saturated heterocycles. The molecule has 1 N–H and O–H groups in total. The van der Waals surface area contributed by atoms with Gasteiger partial charge in [-0.1, -0.05) is 0 Å². The van der Waals surface area contributed by atoms with Gasteiger partial charge in [-0.2, -0.15) is 0 Å². The zero-order valence-electron chi connectivity index (χ0n) is 16.8. The summed E-state index contributed by atoms with van der Waals surface area (Å²) >= 11 is 1.15. The highest BCUT2D eigenvalue weighted by molar-refractivity contribution is 7.14. The second-order valence-electron chi connectivity index (χ2n) is 7.19. The zero-order valence-corrected chi connectivity index (χ0v) is 17.7. The molecule has 0 aliphatic carbocycles. The summed E-state index contributed by atoms with van der Waals surface area (Å²) in [5, 5.41) is 24.1. The number of nitro groups is 1. The minimum atomic E-state index is -1.02. The number of Topliss-reactive ketones (excluding diaryl/α,β-unsaturated/α-hetero) is 1. The molecule has 2 aromatic carbocycles. The molecule has 0 saturated carbocycles. The van der Waals surface area contributed by atoms with Crippen LogP contribution < -0.4 is 14.4 Å². The Morgan fingerprint density at radius 3 is 2.52 bits per heavy atom. The first-order chi connectivity index (χ1) is 16.0. The molecule has 1 fully saturated rings. The van der Waals surface area contributed by atoms with Gasteiger partial charge in [0.15, 0.2) is 16.6 Å². The number of benzene rings is 2. The van der Waals surface area contributed by atoms with Crippen LogP contribution in [-0.2, 0) is 9.59 Å². The minimum absolute atomic E-state index is 0.142. The highest BCUT2D eigenvalue weighted by Crippen LogP contribution is 2.43. The zero-order chi connectivity index (χ0) is 23.1. The van der Waals surface area contributed by atoms with Crippen molar-refractivity contribution < 1.29 is 29.1 Å². The first-order valence-electron chi connectivity index (χ1n) is 9.80. The molecule has 3 heterocycles. The van der Waals surface area contributed by atoms with E-state index in [-0.39, 0.29) is 22.0 Å². The number of aliphatic hydroxyl groups excluding tert-OH is 1. The Balaban J connectivity index is 1.67. The molecule has 11 heteroatoms. The van der Waals surface area contributed by atoms with Crippen LogP contribution in [0.25, 0.3) is 5.76 Å². The Bertz CT molecular complexity index is 1300.